The molecule has 3 aromatic carbocycles. The summed E-state index contributed by atoms with van der Waals surface area (Å²) in [6.07, 6.45) is 3.07. The topological polar surface area (TPSA) is 79.4 Å². The van der Waals surface area contributed by atoms with Crippen molar-refractivity contribution in [3.63, 3.8) is 0 Å². The lowest BCUT2D eigenvalue weighted by Gasteiger charge is -2.18. The smallest absolute Gasteiger partial charge is 0.257 e. The molecule has 0 aliphatic rings. The van der Waals surface area contributed by atoms with Gasteiger partial charge in [-0.1, -0.05) is 66.0 Å². The average Bonchev–Trinajstić information content (AvgIpc) is 3.26. The van der Waals surface area contributed by atoms with E-state index in [1.807, 2.05) is 42.5 Å². The van der Waals surface area contributed by atoms with E-state index in [-0.39, 0.29) is 23.9 Å². The summed E-state index contributed by atoms with van der Waals surface area (Å²) >= 11 is 1.22. The first-order valence-electron chi connectivity index (χ1n) is 10.5. The van der Waals surface area contributed by atoms with Crippen LogP contribution in [0.3, 0.4) is 0 Å². The molecule has 0 fully saturated rings. The first kappa shape index (κ1) is 23.6. The van der Waals surface area contributed by atoms with E-state index in [0.717, 1.165) is 11.1 Å². The number of carbonyl (C=O) groups excluding carboxylic acids is 1. The van der Waals surface area contributed by atoms with Gasteiger partial charge in [-0.2, -0.15) is 4.31 Å². The number of fused-ring (bicyclic) bond motifs is 1. The Bertz CT molecular complexity index is 1430. The summed E-state index contributed by atoms with van der Waals surface area (Å²) in [6.45, 7) is 7.61. The Hall–Kier alpha value is -3.59. The van der Waals surface area contributed by atoms with Gasteiger partial charge in [0.2, 0.25) is 10.0 Å². The molecule has 6 nitrogen and oxygen atoms in total. The molecule has 0 aliphatic carbocycles. The molecule has 1 heterocycles. The minimum Gasteiger partial charge on any atom is -0.298 e. The van der Waals surface area contributed by atoms with Crippen molar-refractivity contribution < 1.29 is 13.2 Å². The summed E-state index contributed by atoms with van der Waals surface area (Å²) in [6, 6.07) is 22.0. The fourth-order valence-corrected chi connectivity index (χ4v) is 5.82. The summed E-state index contributed by atoms with van der Waals surface area (Å²) in [7, 11) is -3.72. The van der Waals surface area contributed by atoms with Gasteiger partial charge in [-0.15, -0.1) is 13.2 Å². The first-order valence-corrected chi connectivity index (χ1v) is 12.8. The van der Waals surface area contributed by atoms with E-state index in [1.165, 1.54) is 33.9 Å². The van der Waals surface area contributed by atoms with Gasteiger partial charge < -0.3 is 0 Å². The van der Waals surface area contributed by atoms with E-state index < -0.39 is 10.0 Å². The van der Waals surface area contributed by atoms with Gasteiger partial charge in [0.15, 0.2) is 5.13 Å². The van der Waals surface area contributed by atoms with Gasteiger partial charge in [0, 0.05) is 18.7 Å². The summed E-state index contributed by atoms with van der Waals surface area (Å²) in [4.78, 5) is 17.3. The lowest BCUT2D eigenvalue weighted by atomic mass is 10.0. The standard InChI is InChI=1S/C26H23N3O3S2/c1-3-16-29(17-4-2)34(31,32)22-14-15-23-24(18-22)33-26(27-23)28-25(30)21-12-10-20(11-13-21)19-8-6-5-7-9-19/h3-15,18H,1-2,16-17H2,(H,27,28,30). The minimum absolute atomic E-state index is 0.154. The Kier molecular flexibility index (Phi) is 7.02. The van der Waals surface area contributed by atoms with Crippen molar-refractivity contribution in [2.45, 2.75) is 4.90 Å². The van der Waals surface area contributed by atoms with Crippen LogP contribution in [0.25, 0.3) is 21.3 Å². The molecule has 0 saturated carbocycles. The van der Waals surface area contributed by atoms with Crippen LogP contribution in [0.2, 0.25) is 0 Å². The number of rotatable bonds is 9. The third kappa shape index (κ3) is 4.99. The second-order valence-electron chi connectivity index (χ2n) is 7.45. The maximum Gasteiger partial charge on any atom is 0.257 e. The summed E-state index contributed by atoms with van der Waals surface area (Å²) < 4.78 is 27.9. The van der Waals surface area contributed by atoms with Crippen LogP contribution in [0.4, 0.5) is 5.13 Å². The molecule has 0 radical (unpaired) electrons. The van der Waals surface area contributed by atoms with Crippen LogP contribution < -0.4 is 5.32 Å². The fraction of sp³-hybridized carbons (Fsp3) is 0.0769. The molecular formula is C26H23N3O3S2. The number of hydrogen-bond acceptors (Lipinski definition) is 5. The number of hydrogen-bond donors (Lipinski definition) is 1. The number of anilines is 1. The maximum atomic E-state index is 13.0. The van der Waals surface area contributed by atoms with E-state index >= 15 is 0 Å². The lowest BCUT2D eigenvalue weighted by molar-refractivity contribution is 0.102. The molecule has 1 amide bonds. The minimum atomic E-state index is -3.72. The van der Waals surface area contributed by atoms with Gasteiger partial charge in [0.1, 0.15) is 0 Å². The highest BCUT2D eigenvalue weighted by atomic mass is 32.2. The van der Waals surface area contributed by atoms with Crippen LogP contribution in [0.5, 0.6) is 0 Å². The van der Waals surface area contributed by atoms with E-state index in [9.17, 15) is 13.2 Å². The van der Waals surface area contributed by atoms with E-state index in [2.05, 4.69) is 23.5 Å². The van der Waals surface area contributed by atoms with Crippen molar-refractivity contribution in [1.29, 1.82) is 0 Å². The Labute approximate surface area is 202 Å². The van der Waals surface area contributed by atoms with Crippen molar-refractivity contribution in [3.05, 3.63) is 104 Å². The molecule has 0 bridgehead atoms. The Balaban J connectivity index is 1.53. The van der Waals surface area contributed by atoms with Crippen LogP contribution in [0, 0.1) is 0 Å². The van der Waals surface area contributed by atoms with Crippen LogP contribution >= 0.6 is 11.3 Å². The molecule has 8 heteroatoms. The van der Waals surface area contributed by atoms with Gasteiger partial charge in [0.05, 0.1) is 15.1 Å². The molecule has 1 aromatic heterocycles. The lowest BCUT2D eigenvalue weighted by Crippen LogP contribution is -2.31. The number of aromatic nitrogens is 1. The SMILES string of the molecule is C=CCN(CC=C)S(=O)(=O)c1ccc2nc(NC(=O)c3ccc(-c4ccccc4)cc3)sc2c1. The number of sulfonamides is 1. The molecular weight excluding hydrogens is 466 g/mol. The average molecular weight is 490 g/mol. The summed E-state index contributed by atoms with van der Waals surface area (Å²) in [5, 5.41) is 3.21. The molecule has 0 unspecified atom stereocenters. The van der Waals surface area contributed by atoms with E-state index in [1.54, 1.807) is 24.3 Å². The van der Waals surface area contributed by atoms with E-state index in [0.29, 0.717) is 20.9 Å². The monoisotopic (exact) mass is 489 g/mol. The number of thiazole rings is 1. The second-order valence-corrected chi connectivity index (χ2v) is 10.4. The van der Waals surface area contributed by atoms with Crippen molar-refractivity contribution in [2.24, 2.45) is 0 Å². The zero-order chi connectivity index (χ0) is 24.1. The van der Waals surface area contributed by atoms with Gasteiger partial charge in [0.25, 0.3) is 5.91 Å². The highest BCUT2D eigenvalue weighted by Crippen LogP contribution is 2.30. The Morgan fingerprint density at radius 2 is 1.59 bits per heavy atom. The number of nitrogens with zero attached hydrogens (tertiary/aromatic N) is 2. The van der Waals surface area contributed by atoms with E-state index in [4.69, 9.17) is 0 Å². The molecule has 0 spiro atoms. The van der Waals surface area contributed by atoms with Crippen molar-refractivity contribution in [1.82, 2.24) is 9.29 Å². The second kappa shape index (κ2) is 10.1. The Morgan fingerprint density at radius 1 is 0.941 bits per heavy atom. The molecule has 34 heavy (non-hydrogen) atoms. The highest BCUT2D eigenvalue weighted by molar-refractivity contribution is 7.89. The molecule has 4 rings (SSSR count). The van der Waals surface area contributed by atoms with Crippen LogP contribution in [0.15, 0.2) is 103 Å². The summed E-state index contributed by atoms with van der Waals surface area (Å²) in [5.74, 6) is -0.283. The number of nitrogens with one attached hydrogen (secondary N) is 1. The largest absolute Gasteiger partial charge is 0.298 e. The quantitative estimate of drug-likeness (QED) is 0.311. The number of carbonyl (C=O) groups is 1. The van der Waals surface area contributed by atoms with Crippen LogP contribution in [-0.2, 0) is 10.0 Å². The summed E-state index contributed by atoms with van der Waals surface area (Å²) in [5.41, 5.74) is 3.21. The molecule has 4 aromatic rings. The first-order chi connectivity index (χ1) is 16.4. The zero-order valence-electron chi connectivity index (χ0n) is 18.3. The Morgan fingerprint density at radius 3 is 2.24 bits per heavy atom. The predicted octanol–water partition coefficient (Wildman–Crippen LogP) is 5.58. The van der Waals surface area contributed by atoms with Crippen molar-refractivity contribution in [3.8, 4) is 11.1 Å². The van der Waals surface area contributed by atoms with Gasteiger partial charge >= 0.3 is 0 Å². The van der Waals surface area contributed by atoms with Crippen molar-refractivity contribution >= 4 is 42.6 Å². The molecule has 172 valence electrons. The number of benzene rings is 3. The molecule has 0 aliphatic heterocycles. The van der Waals surface area contributed by atoms with Crippen molar-refractivity contribution in [2.75, 3.05) is 18.4 Å². The van der Waals surface area contributed by atoms with Gasteiger partial charge in [-0.3, -0.25) is 10.1 Å². The zero-order valence-corrected chi connectivity index (χ0v) is 20.0. The van der Waals surface area contributed by atoms with Gasteiger partial charge in [-0.25, -0.2) is 13.4 Å². The van der Waals surface area contributed by atoms with Gasteiger partial charge in [-0.05, 0) is 41.5 Å². The van der Waals surface area contributed by atoms with Crippen LogP contribution in [0.1, 0.15) is 10.4 Å². The normalized spacial score (nSPS) is 11.4. The third-order valence-electron chi connectivity index (χ3n) is 5.14. The fourth-order valence-electron chi connectivity index (χ4n) is 3.44. The highest BCUT2D eigenvalue weighted by Gasteiger charge is 2.23. The van der Waals surface area contributed by atoms with Crippen LogP contribution in [-0.4, -0.2) is 36.7 Å². The molecule has 1 N–H and O–H groups in total. The third-order valence-corrected chi connectivity index (χ3v) is 7.90. The molecule has 0 atom stereocenters. The maximum absolute atomic E-state index is 13.0. The predicted molar refractivity (Wildman–Crippen MR) is 139 cm³/mol. The number of amides is 1. The molecule has 0 saturated heterocycles.